The van der Waals surface area contributed by atoms with E-state index in [1.54, 1.807) is 0 Å². The molecule has 2 heteroatoms. The van der Waals surface area contributed by atoms with Crippen LogP contribution in [0.5, 0.6) is 0 Å². The van der Waals surface area contributed by atoms with Gasteiger partial charge >= 0.3 is 0 Å². The third-order valence-electron chi connectivity index (χ3n) is 10.8. The van der Waals surface area contributed by atoms with Gasteiger partial charge in [0.25, 0.3) is 0 Å². The first-order chi connectivity index (χ1) is 27.8. The molecule has 0 bridgehead atoms. The van der Waals surface area contributed by atoms with Crippen LogP contribution in [0.2, 0.25) is 0 Å². The quantitative estimate of drug-likeness (QED) is 0.152. The lowest BCUT2D eigenvalue weighted by Crippen LogP contribution is -2.10. The summed E-state index contributed by atoms with van der Waals surface area (Å²) in [6.07, 6.45) is 0. The molecular formula is C54H38N2. The van der Waals surface area contributed by atoms with Crippen LogP contribution in [0.3, 0.4) is 0 Å². The van der Waals surface area contributed by atoms with Gasteiger partial charge in [0.05, 0.1) is 22.4 Å². The number of nitrogens with zero attached hydrogens (tertiary/aromatic N) is 2. The zero-order valence-electron chi connectivity index (χ0n) is 30.8. The van der Waals surface area contributed by atoms with Gasteiger partial charge in [-0.15, -0.1) is 0 Å². The third-order valence-corrected chi connectivity index (χ3v) is 10.8. The van der Waals surface area contributed by atoms with Crippen molar-refractivity contribution in [2.24, 2.45) is 0 Å². The van der Waals surface area contributed by atoms with E-state index in [0.717, 1.165) is 33.8 Å². The Balaban J connectivity index is 1.23. The SMILES string of the molecule is c1ccc(-c2ccc(N(c3ccccc3)c3cccc4c3c3ccccc3n4-c3ccc(-c4ccccc4)cc3-c3ccccc3-c3ccccc3)cc2)cc1. The van der Waals surface area contributed by atoms with Crippen LogP contribution < -0.4 is 4.90 Å². The molecule has 0 saturated heterocycles. The van der Waals surface area contributed by atoms with Crippen molar-refractivity contribution in [1.82, 2.24) is 4.57 Å². The van der Waals surface area contributed by atoms with E-state index in [9.17, 15) is 0 Å². The topological polar surface area (TPSA) is 8.17 Å². The number of anilines is 3. The predicted molar refractivity (Wildman–Crippen MR) is 237 cm³/mol. The van der Waals surface area contributed by atoms with Gasteiger partial charge in [0, 0.05) is 27.7 Å². The molecule has 0 aliphatic heterocycles. The molecular weight excluding hydrogens is 677 g/mol. The molecule has 1 aromatic heterocycles. The maximum absolute atomic E-state index is 2.47. The second kappa shape index (κ2) is 14.4. The molecule has 1 heterocycles. The van der Waals surface area contributed by atoms with E-state index < -0.39 is 0 Å². The number of fused-ring (bicyclic) bond motifs is 3. The minimum Gasteiger partial charge on any atom is -0.310 e. The Labute approximate surface area is 327 Å². The van der Waals surface area contributed by atoms with Gasteiger partial charge in [-0.1, -0.05) is 176 Å². The first kappa shape index (κ1) is 33.2. The molecule has 10 rings (SSSR count). The summed E-state index contributed by atoms with van der Waals surface area (Å²) in [4.78, 5) is 2.40. The van der Waals surface area contributed by atoms with Crippen LogP contribution in [0.1, 0.15) is 0 Å². The lowest BCUT2D eigenvalue weighted by atomic mass is 9.91. The molecule has 0 saturated carbocycles. The molecule has 0 amide bonds. The molecule has 0 radical (unpaired) electrons. The Hall–Kier alpha value is -7.42. The van der Waals surface area contributed by atoms with E-state index >= 15 is 0 Å². The predicted octanol–water partition coefficient (Wildman–Crippen LogP) is 14.9. The van der Waals surface area contributed by atoms with E-state index in [1.165, 1.54) is 55.3 Å². The molecule has 264 valence electrons. The van der Waals surface area contributed by atoms with Crippen molar-refractivity contribution < 1.29 is 0 Å². The van der Waals surface area contributed by atoms with Gasteiger partial charge in [-0.2, -0.15) is 0 Å². The Bertz CT molecular complexity index is 2930. The summed E-state index contributed by atoms with van der Waals surface area (Å²) in [5, 5.41) is 2.41. The first-order valence-corrected chi connectivity index (χ1v) is 19.2. The van der Waals surface area contributed by atoms with Gasteiger partial charge in [0.2, 0.25) is 0 Å². The number of rotatable bonds is 8. The van der Waals surface area contributed by atoms with Gasteiger partial charge in [-0.05, 0) is 93.5 Å². The highest BCUT2D eigenvalue weighted by atomic mass is 15.1. The van der Waals surface area contributed by atoms with Crippen LogP contribution in [0.25, 0.3) is 72.0 Å². The largest absolute Gasteiger partial charge is 0.310 e. The first-order valence-electron chi connectivity index (χ1n) is 19.2. The van der Waals surface area contributed by atoms with Crippen molar-refractivity contribution in [2.75, 3.05) is 4.90 Å². The summed E-state index contributed by atoms with van der Waals surface area (Å²) >= 11 is 0. The summed E-state index contributed by atoms with van der Waals surface area (Å²) in [6, 6.07) is 83.1. The van der Waals surface area contributed by atoms with E-state index in [4.69, 9.17) is 0 Å². The molecule has 0 spiro atoms. The summed E-state index contributed by atoms with van der Waals surface area (Å²) in [7, 11) is 0. The Morgan fingerprint density at radius 3 is 1.50 bits per heavy atom. The fourth-order valence-corrected chi connectivity index (χ4v) is 8.23. The average Bonchev–Trinajstić information content (AvgIpc) is 3.63. The minimum atomic E-state index is 1.10. The molecule has 0 aliphatic carbocycles. The standard InChI is InChI=1S/C54H38N2/c1-5-18-39(19-6-1)41-32-35-45(36-33-41)55(44-24-11-4-12-25-44)52-30-17-31-53-54(52)48-28-15-16-29-50(48)56(53)51-37-34-43(40-20-7-2-8-21-40)38-49(51)47-27-14-13-26-46(47)42-22-9-3-10-23-42/h1-38H. The van der Waals surface area contributed by atoms with Gasteiger partial charge in [0.15, 0.2) is 0 Å². The highest BCUT2D eigenvalue weighted by Crippen LogP contribution is 2.46. The summed E-state index contributed by atoms with van der Waals surface area (Å²) < 4.78 is 2.47. The summed E-state index contributed by atoms with van der Waals surface area (Å²) in [6.45, 7) is 0. The van der Waals surface area contributed by atoms with E-state index in [2.05, 4.69) is 240 Å². The minimum absolute atomic E-state index is 1.10. The Kier molecular flexibility index (Phi) is 8.55. The highest BCUT2D eigenvalue weighted by molar-refractivity contribution is 6.17. The number of hydrogen-bond acceptors (Lipinski definition) is 1. The van der Waals surface area contributed by atoms with Crippen molar-refractivity contribution in [3.8, 4) is 50.2 Å². The van der Waals surface area contributed by atoms with Crippen molar-refractivity contribution in [3.05, 3.63) is 231 Å². The van der Waals surface area contributed by atoms with Crippen LogP contribution >= 0.6 is 0 Å². The smallest absolute Gasteiger partial charge is 0.0562 e. The van der Waals surface area contributed by atoms with Gasteiger partial charge in [0.1, 0.15) is 0 Å². The second-order valence-electron chi connectivity index (χ2n) is 14.1. The number of aromatic nitrogens is 1. The third kappa shape index (κ3) is 5.95. The lowest BCUT2D eigenvalue weighted by molar-refractivity contribution is 1.18. The van der Waals surface area contributed by atoms with Gasteiger partial charge in [-0.25, -0.2) is 0 Å². The molecule has 2 nitrogen and oxygen atoms in total. The number of hydrogen-bond donors (Lipinski definition) is 0. The van der Waals surface area contributed by atoms with Crippen molar-refractivity contribution >= 4 is 38.9 Å². The molecule has 10 aromatic rings. The van der Waals surface area contributed by atoms with Crippen molar-refractivity contribution in [2.45, 2.75) is 0 Å². The average molecular weight is 715 g/mol. The molecule has 0 atom stereocenters. The second-order valence-corrected chi connectivity index (χ2v) is 14.1. The fraction of sp³-hybridized carbons (Fsp3) is 0. The van der Waals surface area contributed by atoms with E-state index in [-0.39, 0.29) is 0 Å². The molecule has 9 aromatic carbocycles. The van der Waals surface area contributed by atoms with Crippen molar-refractivity contribution in [3.63, 3.8) is 0 Å². The van der Waals surface area contributed by atoms with Crippen molar-refractivity contribution in [1.29, 1.82) is 0 Å². The summed E-state index contributed by atoms with van der Waals surface area (Å²) in [5.41, 5.74) is 16.3. The highest BCUT2D eigenvalue weighted by Gasteiger charge is 2.23. The maximum atomic E-state index is 2.47. The van der Waals surface area contributed by atoms with E-state index in [0.29, 0.717) is 0 Å². The Morgan fingerprint density at radius 2 is 0.804 bits per heavy atom. The Morgan fingerprint density at radius 1 is 0.304 bits per heavy atom. The van der Waals surface area contributed by atoms with Gasteiger partial charge in [-0.3, -0.25) is 0 Å². The monoisotopic (exact) mass is 714 g/mol. The lowest BCUT2D eigenvalue weighted by Gasteiger charge is -2.27. The van der Waals surface area contributed by atoms with Crippen LogP contribution in [0, 0.1) is 0 Å². The van der Waals surface area contributed by atoms with Crippen LogP contribution in [-0.2, 0) is 0 Å². The molecule has 0 fully saturated rings. The maximum Gasteiger partial charge on any atom is 0.0562 e. The van der Waals surface area contributed by atoms with E-state index in [1.807, 2.05) is 0 Å². The molecule has 56 heavy (non-hydrogen) atoms. The number of benzene rings is 9. The van der Waals surface area contributed by atoms with Crippen LogP contribution in [0.4, 0.5) is 17.1 Å². The zero-order valence-corrected chi connectivity index (χ0v) is 30.8. The zero-order chi connectivity index (χ0) is 37.3. The van der Waals surface area contributed by atoms with Gasteiger partial charge < -0.3 is 9.47 Å². The number of para-hydroxylation sites is 2. The summed E-state index contributed by atoms with van der Waals surface area (Å²) in [5.74, 6) is 0. The fourth-order valence-electron chi connectivity index (χ4n) is 8.23. The molecule has 0 N–H and O–H groups in total. The molecule has 0 aliphatic rings. The normalized spacial score (nSPS) is 11.2. The van der Waals surface area contributed by atoms with Crippen LogP contribution in [0.15, 0.2) is 231 Å². The van der Waals surface area contributed by atoms with Crippen LogP contribution in [-0.4, -0.2) is 4.57 Å². The molecule has 0 unspecified atom stereocenters.